The molecular weight excluding hydrogens is 304 g/mol. The van der Waals surface area contributed by atoms with Crippen molar-refractivity contribution in [1.29, 1.82) is 0 Å². The maximum atomic E-state index is 7.78. The lowest BCUT2D eigenvalue weighted by Crippen LogP contribution is -2.16. The Labute approximate surface area is 138 Å². The first kappa shape index (κ1) is 13.8. The molecule has 3 aromatic rings. The minimum atomic E-state index is -0.0965. The third-order valence-electron chi connectivity index (χ3n) is 4.15. The Morgan fingerprint density at radius 1 is 1.17 bits per heavy atom. The quantitative estimate of drug-likeness (QED) is 0.677. The highest BCUT2D eigenvalue weighted by Crippen LogP contribution is 2.45. The van der Waals surface area contributed by atoms with Gasteiger partial charge in [0.1, 0.15) is 5.82 Å². The Balaban J connectivity index is 1.98. The molecule has 1 unspecified atom stereocenters. The summed E-state index contributed by atoms with van der Waals surface area (Å²) in [6.45, 7) is 9.86. The molecule has 2 aromatic heterocycles. The Bertz CT molecular complexity index is 928. The zero-order chi connectivity index (χ0) is 15.8. The van der Waals surface area contributed by atoms with Crippen LogP contribution in [0.5, 0.6) is 0 Å². The van der Waals surface area contributed by atoms with Crippen molar-refractivity contribution in [3.8, 4) is 0 Å². The van der Waals surface area contributed by atoms with Crippen molar-refractivity contribution in [2.75, 3.05) is 5.32 Å². The second kappa shape index (κ2) is 5.41. The second-order valence-electron chi connectivity index (χ2n) is 5.46. The molecule has 1 atom stereocenters. The van der Waals surface area contributed by atoms with Crippen LogP contribution >= 0.6 is 11.3 Å². The van der Waals surface area contributed by atoms with Crippen LogP contribution in [0, 0.1) is 13.5 Å². The monoisotopic (exact) mass is 318 g/mol. The number of nitrogens with one attached hydrogen (secondary N) is 2. The van der Waals surface area contributed by atoms with Gasteiger partial charge in [0.25, 0.3) is 0 Å². The smallest absolute Gasteiger partial charge is 0.201 e. The molecule has 4 nitrogen and oxygen atoms in total. The normalized spacial score (nSPS) is 16.6. The topological polar surface area (TPSA) is 45.1 Å². The van der Waals surface area contributed by atoms with Gasteiger partial charge < -0.3 is 5.32 Å². The van der Waals surface area contributed by atoms with Crippen LogP contribution in [0.3, 0.4) is 0 Å². The highest BCUT2D eigenvalue weighted by Gasteiger charge is 2.33. The molecule has 2 N–H and O–H groups in total. The molecular formula is C18H14N4S. The maximum absolute atomic E-state index is 7.78. The van der Waals surface area contributed by atoms with Gasteiger partial charge in [-0.25, -0.2) is 4.85 Å². The first-order valence-corrected chi connectivity index (χ1v) is 8.19. The predicted molar refractivity (Wildman–Crippen MR) is 93.1 cm³/mol. The van der Waals surface area contributed by atoms with Crippen LogP contribution in [0.4, 0.5) is 5.82 Å². The van der Waals surface area contributed by atoms with Crippen molar-refractivity contribution in [3.05, 3.63) is 86.7 Å². The number of allylic oxidation sites excluding steroid dienone is 1. The second-order valence-corrected chi connectivity index (χ2v) is 6.41. The fourth-order valence-electron chi connectivity index (χ4n) is 3.05. The summed E-state index contributed by atoms with van der Waals surface area (Å²) in [5, 5.41) is 12.6. The van der Waals surface area contributed by atoms with Gasteiger partial charge in [-0.2, -0.15) is 5.10 Å². The van der Waals surface area contributed by atoms with Crippen LogP contribution in [-0.2, 0) is 0 Å². The van der Waals surface area contributed by atoms with E-state index in [1.165, 1.54) is 5.56 Å². The highest BCUT2D eigenvalue weighted by molar-refractivity contribution is 7.11. The van der Waals surface area contributed by atoms with E-state index in [4.69, 9.17) is 6.57 Å². The Morgan fingerprint density at radius 3 is 2.78 bits per heavy atom. The molecule has 0 aliphatic carbocycles. The van der Waals surface area contributed by atoms with Crippen LogP contribution in [0.15, 0.2) is 53.7 Å². The van der Waals surface area contributed by atoms with Crippen molar-refractivity contribution < 1.29 is 0 Å². The summed E-state index contributed by atoms with van der Waals surface area (Å²) in [6.07, 6.45) is 1.82. The molecule has 0 amide bonds. The van der Waals surface area contributed by atoms with Crippen LogP contribution in [0.2, 0.25) is 0 Å². The standard InChI is InChI=1S/C18H14N4S/c1-11-6-3-4-7-12(11)15-13-10-20-22-18(13)21-16(17(15)19-2)14-8-5-9-23-14/h3-10,15H,1H3,(H2,20,21,22). The number of anilines is 1. The molecule has 4 rings (SSSR count). The van der Waals surface area contributed by atoms with Crippen LogP contribution < -0.4 is 5.32 Å². The lowest BCUT2D eigenvalue weighted by Gasteiger charge is -2.26. The minimum absolute atomic E-state index is 0.0965. The number of hydrogen-bond donors (Lipinski definition) is 2. The number of nitrogens with zero attached hydrogens (tertiary/aromatic N) is 2. The van der Waals surface area contributed by atoms with E-state index in [9.17, 15) is 0 Å². The van der Waals surface area contributed by atoms with Gasteiger partial charge in [0.15, 0.2) is 0 Å². The summed E-state index contributed by atoms with van der Waals surface area (Å²) in [5.41, 5.74) is 4.94. The van der Waals surface area contributed by atoms with E-state index in [2.05, 4.69) is 39.4 Å². The van der Waals surface area contributed by atoms with E-state index in [0.717, 1.165) is 33.2 Å². The van der Waals surface area contributed by atoms with Crippen LogP contribution in [0.1, 0.15) is 27.5 Å². The number of aromatic amines is 1. The van der Waals surface area contributed by atoms with Crippen LogP contribution in [-0.4, -0.2) is 10.2 Å². The maximum Gasteiger partial charge on any atom is 0.201 e. The van der Waals surface area contributed by atoms with Gasteiger partial charge in [-0.1, -0.05) is 30.3 Å². The lowest BCUT2D eigenvalue weighted by molar-refractivity contribution is 0.953. The molecule has 3 heterocycles. The van der Waals surface area contributed by atoms with Gasteiger partial charge in [-0.15, -0.1) is 11.3 Å². The number of benzene rings is 1. The first-order chi connectivity index (χ1) is 11.3. The van der Waals surface area contributed by atoms with Gasteiger partial charge >= 0.3 is 0 Å². The molecule has 1 aromatic carbocycles. The Morgan fingerprint density at radius 2 is 2.04 bits per heavy atom. The number of rotatable bonds is 2. The molecule has 5 heteroatoms. The van der Waals surface area contributed by atoms with Crippen molar-refractivity contribution in [2.24, 2.45) is 0 Å². The molecule has 0 bridgehead atoms. The predicted octanol–water partition coefficient (Wildman–Crippen LogP) is 4.63. The van der Waals surface area contributed by atoms with E-state index < -0.39 is 0 Å². The molecule has 112 valence electrons. The van der Waals surface area contributed by atoms with E-state index in [1.807, 2.05) is 35.8 Å². The zero-order valence-corrected chi connectivity index (χ0v) is 13.3. The van der Waals surface area contributed by atoms with Crippen molar-refractivity contribution in [2.45, 2.75) is 12.8 Å². The summed E-state index contributed by atoms with van der Waals surface area (Å²) in [4.78, 5) is 4.96. The molecule has 23 heavy (non-hydrogen) atoms. The lowest BCUT2D eigenvalue weighted by atomic mass is 9.84. The summed E-state index contributed by atoms with van der Waals surface area (Å²) < 4.78 is 0. The van der Waals surface area contributed by atoms with Gasteiger partial charge in [-0.3, -0.25) is 5.10 Å². The van der Waals surface area contributed by atoms with E-state index >= 15 is 0 Å². The van der Waals surface area contributed by atoms with Crippen LogP contribution in [0.25, 0.3) is 10.5 Å². The van der Waals surface area contributed by atoms with Crippen molar-refractivity contribution in [1.82, 2.24) is 10.2 Å². The SMILES string of the molecule is [C-]#[N+]C1=C(c2cccs2)Nc2[nH]ncc2C1c1ccccc1C. The average Bonchev–Trinajstić information content (AvgIpc) is 3.25. The molecule has 0 saturated carbocycles. The molecule has 0 radical (unpaired) electrons. The van der Waals surface area contributed by atoms with Gasteiger partial charge in [-0.05, 0) is 29.5 Å². The van der Waals surface area contributed by atoms with Gasteiger partial charge in [0.2, 0.25) is 5.70 Å². The number of thiophene rings is 1. The van der Waals surface area contributed by atoms with Crippen molar-refractivity contribution in [3.63, 3.8) is 0 Å². The summed E-state index contributed by atoms with van der Waals surface area (Å²) in [7, 11) is 0. The summed E-state index contributed by atoms with van der Waals surface area (Å²) in [5.74, 6) is 0.773. The highest BCUT2D eigenvalue weighted by atomic mass is 32.1. The third-order valence-corrected chi connectivity index (χ3v) is 5.03. The van der Waals surface area contributed by atoms with E-state index in [-0.39, 0.29) is 5.92 Å². The first-order valence-electron chi connectivity index (χ1n) is 7.31. The molecule has 0 saturated heterocycles. The molecule has 1 aliphatic rings. The summed E-state index contributed by atoms with van der Waals surface area (Å²) in [6, 6.07) is 12.3. The summed E-state index contributed by atoms with van der Waals surface area (Å²) >= 11 is 1.63. The fraction of sp³-hybridized carbons (Fsp3) is 0.111. The fourth-order valence-corrected chi connectivity index (χ4v) is 3.78. The Kier molecular flexibility index (Phi) is 3.25. The number of fused-ring (bicyclic) bond motifs is 1. The molecule has 0 spiro atoms. The average molecular weight is 318 g/mol. The Hall–Kier alpha value is -2.84. The zero-order valence-electron chi connectivity index (χ0n) is 12.5. The number of H-pyrrole nitrogens is 1. The molecule has 1 aliphatic heterocycles. The van der Waals surface area contributed by atoms with Crippen molar-refractivity contribution >= 4 is 22.9 Å². The van der Waals surface area contributed by atoms with E-state index in [1.54, 1.807) is 11.3 Å². The largest absolute Gasteiger partial charge is 0.349 e. The number of aryl methyl sites for hydroxylation is 1. The number of aromatic nitrogens is 2. The van der Waals surface area contributed by atoms with E-state index in [0.29, 0.717) is 0 Å². The minimum Gasteiger partial charge on any atom is -0.349 e. The van der Waals surface area contributed by atoms with Gasteiger partial charge in [0, 0.05) is 10.4 Å². The molecule has 0 fully saturated rings. The third kappa shape index (κ3) is 2.16. The van der Waals surface area contributed by atoms with Gasteiger partial charge in [0.05, 0.1) is 24.4 Å². The number of hydrogen-bond acceptors (Lipinski definition) is 3.